The second-order valence-electron chi connectivity index (χ2n) is 6.55. The highest BCUT2D eigenvalue weighted by atomic mass is 32.2. The molecule has 0 amide bonds. The Kier molecular flexibility index (Phi) is 5.01. The van der Waals surface area contributed by atoms with E-state index in [0.717, 1.165) is 4.52 Å². The molecule has 0 unspecified atom stereocenters. The number of halogens is 1. The van der Waals surface area contributed by atoms with Crippen molar-refractivity contribution in [1.29, 1.82) is 5.26 Å². The number of hydrogen-bond donors (Lipinski definition) is 3. The third kappa shape index (κ3) is 3.71. The molecule has 0 atom stereocenters. The molecule has 0 saturated heterocycles. The van der Waals surface area contributed by atoms with Gasteiger partial charge in [0.15, 0.2) is 17.2 Å². The topological polar surface area (TPSA) is 191 Å². The van der Waals surface area contributed by atoms with Crippen molar-refractivity contribution >= 4 is 38.7 Å². The van der Waals surface area contributed by atoms with E-state index in [-0.39, 0.29) is 44.8 Å². The van der Waals surface area contributed by atoms with Crippen LogP contribution in [0.5, 0.6) is 0 Å². The average Bonchev–Trinajstić information content (AvgIpc) is 3.08. The lowest BCUT2D eigenvalue weighted by Gasteiger charge is -2.08. The molecule has 4 aromatic rings. The van der Waals surface area contributed by atoms with E-state index in [2.05, 4.69) is 20.3 Å². The maximum atomic E-state index is 13.3. The molecule has 13 heteroatoms. The summed E-state index contributed by atoms with van der Waals surface area (Å²) in [6.45, 7) is 0. The Hall–Kier alpha value is -4.41. The van der Waals surface area contributed by atoms with E-state index < -0.39 is 15.8 Å². The predicted molar refractivity (Wildman–Crippen MR) is 114 cm³/mol. The van der Waals surface area contributed by atoms with Crippen LogP contribution in [0.15, 0.2) is 63.7 Å². The Labute approximate surface area is 180 Å². The zero-order chi connectivity index (χ0) is 23.0. The SMILES string of the molecule is N#Cc1c(-c2ccc(F)cc2)nc2c(N=Nc3cccc(S(N)(=O)=O)c3)c(N)nn2c1N. The molecule has 11 nitrogen and oxygen atoms in total. The number of nitriles is 1. The highest BCUT2D eigenvalue weighted by molar-refractivity contribution is 7.89. The maximum Gasteiger partial charge on any atom is 0.238 e. The van der Waals surface area contributed by atoms with Gasteiger partial charge in [0, 0.05) is 5.56 Å². The second kappa shape index (κ2) is 7.69. The van der Waals surface area contributed by atoms with Crippen LogP contribution in [-0.4, -0.2) is 23.0 Å². The summed E-state index contributed by atoms with van der Waals surface area (Å²) in [6.07, 6.45) is 0. The smallest absolute Gasteiger partial charge is 0.238 e. The molecule has 6 N–H and O–H groups in total. The quantitative estimate of drug-likeness (QED) is 0.397. The van der Waals surface area contributed by atoms with Gasteiger partial charge in [-0.05, 0) is 42.5 Å². The number of anilines is 2. The highest BCUT2D eigenvalue weighted by Crippen LogP contribution is 2.34. The molecule has 0 radical (unpaired) electrons. The van der Waals surface area contributed by atoms with Crippen molar-refractivity contribution in [2.75, 3.05) is 11.5 Å². The summed E-state index contributed by atoms with van der Waals surface area (Å²) < 4.78 is 37.6. The van der Waals surface area contributed by atoms with E-state index >= 15 is 0 Å². The normalized spacial score (nSPS) is 11.8. The van der Waals surface area contributed by atoms with Gasteiger partial charge in [-0.25, -0.2) is 22.9 Å². The number of nitrogen functional groups attached to an aromatic ring is 2. The summed E-state index contributed by atoms with van der Waals surface area (Å²) in [5.74, 6) is -0.567. The molecule has 0 spiro atoms. The number of rotatable bonds is 4. The molecule has 0 fully saturated rings. The van der Waals surface area contributed by atoms with Gasteiger partial charge in [0.05, 0.1) is 16.3 Å². The number of primary sulfonamides is 1. The minimum absolute atomic E-state index is 0.0240. The van der Waals surface area contributed by atoms with Crippen LogP contribution in [0.1, 0.15) is 5.56 Å². The van der Waals surface area contributed by atoms with Gasteiger partial charge in [0.2, 0.25) is 10.0 Å². The molecule has 0 saturated carbocycles. The standard InChI is InChI=1S/C19H14FN9O2S/c20-11-6-4-10(5-7-11)15-14(9-21)18(23)29-19(25-15)16(17(22)28-29)27-26-12-2-1-3-13(8-12)32(24,30)31/h1-8H,23H2,(H2,22,28)(H2,24,30,31). The van der Waals surface area contributed by atoms with Crippen molar-refractivity contribution in [3.8, 4) is 17.3 Å². The van der Waals surface area contributed by atoms with Gasteiger partial charge < -0.3 is 11.5 Å². The molecule has 160 valence electrons. The number of hydrogen-bond acceptors (Lipinski definition) is 9. The van der Waals surface area contributed by atoms with Crippen LogP contribution in [0.3, 0.4) is 0 Å². The maximum absolute atomic E-state index is 13.3. The fourth-order valence-electron chi connectivity index (χ4n) is 2.93. The van der Waals surface area contributed by atoms with Gasteiger partial charge in [0.1, 0.15) is 23.3 Å². The molecule has 4 rings (SSSR count). The Morgan fingerprint density at radius 2 is 1.81 bits per heavy atom. The monoisotopic (exact) mass is 451 g/mol. The number of benzene rings is 2. The Morgan fingerprint density at radius 3 is 2.47 bits per heavy atom. The largest absolute Gasteiger partial charge is 0.382 e. The molecule has 0 bridgehead atoms. The fourth-order valence-corrected chi connectivity index (χ4v) is 3.48. The number of fused-ring (bicyclic) bond motifs is 1. The molecule has 2 aromatic heterocycles. The first-order chi connectivity index (χ1) is 15.2. The predicted octanol–water partition coefficient (Wildman–Crippen LogP) is 2.63. The number of nitrogens with two attached hydrogens (primary N) is 3. The molecule has 0 aliphatic carbocycles. The summed E-state index contributed by atoms with van der Waals surface area (Å²) >= 11 is 0. The van der Waals surface area contributed by atoms with E-state index in [9.17, 15) is 18.1 Å². The van der Waals surface area contributed by atoms with Crippen LogP contribution in [0, 0.1) is 17.1 Å². The van der Waals surface area contributed by atoms with E-state index in [0.29, 0.717) is 5.56 Å². The van der Waals surface area contributed by atoms with Crippen molar-refractivity contribution in [3.63, 3.8) is 0 Å². The van der Waals surface area contributed by atoms with Crippen LogP contribution in [0.25, 0.3) is 16.9 Å². The lowest BCUT2D eigenvalue weighted by atomic mass is 10.1. The first-order valence-corrected chi connectivity index (χ1v) is 10.4. The van der Waals surface area contributed by atoms with E-state index in [1.54, 1.807) is 0 Å². The van der Waals surface area contributed by atoms with Crippen molar-refractivity contribution in [2.45, 2.75) is 4.90 Å². The summed E-state index contributed by atoms with van der Waals surface area (Å²) in [5, 5.41) is 26.8. The van der Waals surface area contributed by atoms with E-state index in [4.69, 9.17) is 16.6 Å². The first kappa shape index (κ1) is 20.8. The number of sulfonamides is 1. The highest BCUT2D eigenvalue weighted by Gasteiger charge is 2.20. The molecule has 32 heavy (non-hydrogen) atoms. The van der Waals surface area contributed by atoms with Gasteiger partial charge >= 0.3 is 0 Å². The molecule has 2 aromatic carbocycles. The second-order valence-corrected chi connectivity index (χ2v) is 8.11. The summed E-state index contributed by atoms with van der Waals surface area (Å²) in [4.78, 5) is 4.28. The molecule has 0 aliphatic rings. The van der Waals surface area contributed by atoms with Crippen LogP contribution < -0.4 is 16.6 Å². The van der Waals surface area contributed by atoms with Gasteiger partial charge in [0.25, 0.3) is 0 Å². The van der Waals surface area contributed by atoms with Crippen molar-refractivity contribution in [3.05, 3.63) is 59.9 Å². The number of aromatic nitrogens is 3. The zero-order valence-electron chi connectivity index (χ0n) is 16.1. The lowest BCUT2D eigenvalue weighted by Crippen LogP contribution is -2.11. The summed E-state index contributed by atoms with van der Waals surface area (Å²) in [7, 11) is -3.92. The van der Waals surface area contributed by atoms with Crippen LogP contribution in [0.4, 0.5) is 27.4 Å². The average molecular weight is 451 g/mol. The Balaban J connectivity index is 1.88. The van der Waals surface area contributed by atoms with Gasteiger partial charge in [-0.15, -0.1) is 10.2 Å². The molecular weight excluding hydrogens is 437 g/mol. The summed E-state index contributed by atoms with van der Waals surface area (Å²) in [5.41, 5.74) is 13.1. The third-order valence-corrected chi connectivity index (χ3v) is 5.35. The Bertz CT molecular complexity index is 1540. The van der Waals surface area contributed by atoms with Gasteiger partial charge in [-0.1, -0.05) is 6.07 Å². The van der Waals surface area contributed by atoms with Crippen LogP contribution in [-0.2, 0) is 10.0 Å². The van der Waals surface area contributed by atoms with Crippen LogP contribution >= 0.6 is 0 Å². The van der Waals surface area contributed by atoms with Gasteiger partial charge in [-0.2, -0.15) is 14.9 Å². The van der Waals surface area contributed by atoms with Crippen molar-refractivity contribution < 1.29 is 12.8 Å². The zero-order valence-corrected chi connectivity index (χ0v) is 17.0. The minimum Gasteiger partial charge on any atom is -0.382 e. The molecule has 0 aliphatic heterocycles. The first-order valence-electron chi connectivity index (χ1n) is 8.87. The molecular formula is C19H14FN9O2S. The van der Waals surface area contributed by atoms with Crippen molar-refractivity contribution in [2.24, 2.45) is 15.4 Å². The molecule has 2 heterocycles. The van der Waals surface area contributed by atoms with E-state index in [1.807, 2.05) is 6.07 Å². The fraction of sp³-hybridized carbons (Fsp3) is 0. The van der Waals surface area contributed by atoms with Gasteiger partial charge in [-0.3, -0.25) is 0 Å². The summed E-state index contributed by atoms with van der Waals surface area (Å²) in [6, 6.07) is 12.8. The van der Waals surface area contributed by atoms with Crippen LogP contribution in [0.2, 0.25) is 0 Å². The van der Waals surface area contributed by atoms with Crippen molar-refractivity contribution in [1.82, 2.24) is 14.6 Å². The minimum atomic E-state index is -3.92. The number of azo groups is 1. The number of nitrogens with zero attached hydrogens (tertiary/aromatic N) is 6. The lowest BCUT2D eigenvalue weighted by molar-refractivity contribution is 0.598. The third-order valence-electron chi connectivity index (χ3n) is 4.44. The van der Waals surface area contributed by atoms with E-state index in [1.165, 1.54) is 48.5 Å². The Morgan fingerprint density at radius 1 is 1.09 bits per heavy atom.